The maximum Gasteiger partial charge on any atom is 0.410 e. The third-order valence-electron chi connectivity index (χ3n) is 4.20. The van der Waals surface area contributed by atoms with E-state index in [1.54, 1.807) is 11.8 Å². The third kappa shape index (κ3) is 5.03. The Morgan fingerprint density at radius 2 is 2.11 bits per heavy atom. The van der Waals surface area contributed by atoms with Crippen molar-refractivity contribution in [1.29, 1.82) is 0 Å². The molecule has 1 aliphatic rings. The number of carbonyl (C=O) groups is 2. The van der Waals surface area contributed by atoms with E-state index < -0.39 is 0 Å². The minimum Gasteiger partial charge on any atom is -0.466 e. The molecular formula is C20H22BNO5. The molecule has 0 radical (unpaired) electrons. The highest BCUT2D eigenvalue weighted by Gasteiger charge is 2.23. The molecule has 2 aromatic carbocycles. The lowest BCUT2D eigenvalue weighted by Crippen LogP contribution is -2.24. The highest BCUT2D eigenvalue weighted by molar-refractivity contribution is 6.32. The van der Waals surface area contributed by atoms with Gasteiger partial charge in [-0.05, 0) is 30.7 Å². The maximum absolute atomic E-state index is 11.8. The number of cyclic esters (lactones) is 1. The zero-order valence-corrected chi connectivity index (χ0v) is 15.6. The summed E-state index contributed by atoms with van der Waals surface area (Å²) in [6.45, 7) is 3.56. The van der Waals surface area contributed by atoms with Gasteiger partial charge in [0.2, 0.25) is 0 Å². The van der Waals surface area contributed by atoms with Crippen LogP contribution in [0.15, 0.2) is 42.5 Å². The zero-order valence-electron chi connectivity index (χ0n) is 15.6. The molecule has 7 heteroatoms. The summed E-state index contributed by atoms with van der Waals surface area (Å²) >= 11 is 0. The fourth-order valence-corrected chi connectivity index (χ4v) is 2.93. The van der Waals surface area contributed by atoms with Crippen LogP contribution in [0.3, 0.4) is 0 Å². The number of esters is 1. The second kappa shape index (κ2) is 8.62. The quantitative estimate of drug-likeness (QED) is 0.552. The molecular weight excluding hydrogens is 345 g/mol. The Hall–Kier alpha value is -2.96. The minimum absolute atomic E-state index is 0.200. The van der Waals surface area contributed by atoms with Crippen LogP contribution >= 0.6 is 0 Å². The minimum atomic E-state index is -0.307. The predicted molar refractivity (Wildman–Crippen MR) is 103 cm³/mol. The van der Waals surface area contributed by atoms with Gasteiger partial charge in [-0.1, -0.05) is 29.7 Å². The monoisotopic (exact) mass is 367 g/mol. The van der Waals surface area contributed by atoms with E-state index >= 15 is 0 Å². The standard InChI is InChI=1S/C20H22BNO5/c1-2-25-19(23)11-14-4-3-5-17(10-14)27-18-7-6-16(21)12-15(18)13-22-8-9-26-20(22)24/h3-7,10,12H,2,8-9,11,13,21H2,1H3. The number of hydrogen-bond donors (Lipinski definition) is 0. The first-order valence-corrected chi connectivity index (χ1v) is 8.99. The van der Waals surface area contributed by atoms with Crippen molar-refractivity contribution in [1.82, 2.24) is 4.90 Å². The lowest BCUT2D eigenvalue weighted by atomic mass is 9.94. The van der Waals surface area contributed by atoms with Crippen LogP contribution in [0.1, 0.15) is 18.1 Å². The SMILES string of the molecule is Bc1ccc(Oc2cccc(CC(=O)OCC)c2)c(CN2CCOC2=O)c1. The van der Waals surface area contributed by atoms with Gasteiger partial charge < -0.3 is 19.1 Å². The summed E-state index contributed by atoms with van der Waals surface area (Å²) < 4.78 is 16.1. The number of nitrogens with zero attached hydrogens (tertiary/aromatic N) is 1. The van der Waals surface area contributed by atoms with Gasteiger partial charge in [0.1, 0.15) is 26.0 Å². The van der Waals surface area contributed by atoms with Gasteiger partial charge in [0.05, 0.1) is 26.1 Å². The number of rotatable bonds is 7. The highest BCUT2D eigenvalue weighted by Crippen LogP contribution is 2.27. The van der Waals surface area contributed by atoms with E-state index in [1.165, 1.54) is 0 Å². The fourth-order valence-electron chi connectivity index (χ4n) is 2.93. The maximum atomic E-state index is 11.8. The summed E-state index contributed by atoms with van der Waals surface area (Å²) in [5.74, 6) is 1.04. The van der Waals surface area contributed by atoms with Crippen LogP contribution < -0.4 is 10.2 Å². The molecule has 0 bridgehead atoms. The first kappa shape index (κ1) is 18.8. The lowest BCUT2D eigenvalue weighted by Gasteiger charge is -2.17. The molecule has 1 saturated heterocycles. The van der Waals surface area contributed by atoms with Crippen molar-refractivity contribution in [3.05, 3.63) is 53.6 Å². The van der Waals surface area contributed by atoms with Gasteiger partial charge in [-0.15, -0.1) is 0 Å². The average molecular weight is 367 g/mol. The molecule has 3 rings (SSSR count). The van der Waals surface area contributed by atoms with Crippen molar-refractivity contribution >= 4 is 25.4 Å². The van der Waals surface area contributed by atoms with Gasteiger partial charge in [0, 0.05) is 5.56 Å². The van der Waals surface area contributed by atoms with Crippen molar-refractivity contribution in [3.63, 3.8) is 0 Å². The zero-order chi connectivity index (χ0) is 19.2. The molecule has 6 nitrogen and oxygen atoms in total. The van der Waals surface area contributed by atoms with Gasteiger partial charge in [-0.2, -0.15) is 0 Å². The number of carbonyl (C=O) groups excluding carboxylic acids is 2. The van der Waals surface area contributed by atoms with Crippen molar-refractivity contribution in [2.24, 2.45) is 0 Å². The summed E-state index contributed by atoms with van der Waals surface area (Å²) in [5, 5.41) is 0. The molecule has 0 N–H and O–H groups in total. The smallest absolute Gasteiger partial charge is 0.410 e. The number of ether oxygens (including phenoxy) is 3. The van der Waals surface area contributed by atoms with Gasteiger partial charge in [0.15, 0.2) is 0 Å². The van der Waals surface area contributed by atoms with Crippen LogP contribution in [0.5, 0.6) is 11.5 Å². The first-order valence-electron chi connectivity index (χ1n) is 8.99. The van der Waals surface area contributed by atoms with E-state index in [2.05, 4.69) is 0 Å². The van der Waals surface area contributed by atoms with E-state index in [1.807, 2.05) is 50.3 Å². The van der Waals surface area contributed by atoms with Crippen LogP contribution in [-0.4, -0.2) is 44.6 Å². The summed E-state index contributed by atoms with van der Waals surface area (Å²) in [5.41, 5.74) is 2.81. The molecule has 0 saturated carbocycles. The van der Waals surface area contributed by atoms with E-state index in [-0.39, 0.29) is 18.5 Å². The molecule has 0 spiro atoms. The average Bonchev–Trinajstić information content (AvgIpc) is 3.03. The Morgan fingerprint density at radius 3 is 2.85 bits per heavy atom. The van der Waals surface area contributed by atoms with E-state index in [0.29, 0.717) is 37.8 Å². The van der Waals surface area contributed by atoms with Crippen molar-refractivity contribution in [2.45, 2.75) is 19.9 Å². The molecule has 0 unspecified atom stereocenters. The Kier molecular flexibility index (Phi) is 6.01. The third-order valence-corrected chi connectivity index (χ3v) is 4.20. The van der Waals surface area contributed by atoms with E-state index in [0.717, 1.165) is 16.6 Å². The van der Waals surface area contributed by atoms with Gasteiger partial charge in [-0.3, -0.25) is 4.79 Å². The molecule has 140 valence electrons. The summed E-state index contributed by atoms with van der Waals surface area (Å²) in [6.07, 6.45) is -0.107. The molecule has 1 aliphatic heterocycles. The Bertz CT molecular complexity index is 839. The van der Waals surface area contributed by atoms with Crippen LogP contribution in [-0.2, 0) is 27.2 Å². The van der Waals surface area contributed by atoms with Crippen LogP contribution in [0, 0.1) is 0 Å². The van der Waals surface area contributed by atoms with E-state index in [4.69, 9.17) is 14.2 Å². The Labute approximate surface area is 159 Å². The fraction of sp³-hybridized carbons (Fsp3) is 0.300. The Balaban J connectivity index is 1.77. The second-order valence-electron chi connectivity index (χ2n) is 6.38. The molecule has 0 aromatic heterocycles. The van der Waals surface area contributed by atoms with Crippen LogP contribution in [0.25, 0.3) is 0 Å². The summed E-state index contributed by atoms with van der Waals surface area (Å²) in [6, 6.07) is 13.2. The van der Waals surface area contributed by atoms with Gasteiger partial charge in [-0.25, -0.2) is 4.79 Å². The highest BCUT2D eigenvalue weighted by atomic mass is 16.6. The second-order valence-corrected chi connectivity index (χ2v) is 6.38. The molecule has 27 heavy (non-hydrogen) atoms. The normalized spacial score (nSPS) is 13.4. The largest absolute Gasteiger partial charge is 0.466 e. The first-order chi connectivity index (χ1) is 13.0. The van der Waals surface area contributed by atoms with Crippen molar-refractivity contribution in [2.75, 3.05) is 19.8 Å². The topological polar surface area (TPSA) is 65.1 Å². The Morgan fingerprint density at radius 1 is 1.26 bits per heavy atom. The molecule has 0 atom stereocenters. The predicted octanol–water partition coefficient (Wildman–Crippen LogP) is 1.80. The molecule has 2 aromatic rings. The summed E-state index contributed by atoms with van der Waals surface area (Å²) in [7, 11) is 2.00. The molecule has 1 fully saturated rings. The molecule has 1 amide bonds. The molecule has 1 heterocycles. The van der Waals surface area contributed by atoms with Crippen molar-refractivity contribution in [3.8, 4) is 11.5 Å². The number of benzene rings is 2. The van der Waals surface area contributed by atoms with Gasteiger partial charge in [0.25, 0.3) is 0 Å². The van der Waals surface area contributed by atoms with E-state index in [9.17, 15) is 9.59 Å². The van der Waals surface area contributed by atoms with Crippen LogP contribution in [0.4, 0.5) is 4.79 Å². The molecule has 0 aliphatic carbocycles. The lowest BCUT2D eigenvalue weighted by molar-refractivity contribution is -0.142. The number of amides is 1. The summed E-state index contributed by atoms with van der Waals surface area (Å²) in [4.78, 5) is 25.1. The van der Waals surface area contributed by atoms with Gasteiger partial charge >= 0.3 is 12.1 Å². The van der Waals surface area contributed by atoms with Crippen LogP contribution in [0.2, 0.25) is 0 Å². The van der Waals surface area contributed by atoms with Crippen molar-refractivity contribution < 1.29 is 23.8 Å². The number of hydrogen-bond acceptors (Lipinski definition) is 5.